The summed E-state index contributed by atoms with van der Waals surface area (Å²) in [6, 6.07) is 0. The van der Waals surface area contributed by atoms with Crippen LogP contribution in [0.25, 0.3) is 0 Å². The van der Waals surface area contributed by atoms with Crippen molar-refractivity contribution in [2.45, 2.75) is 32.8 Å². The van der Waals surface area contributed by atoms with Gasteiger partial charge in [-0.05, 0) is 20.8 Å². The predicted molar refractivity (Wildman–Crippen MR) is 174 cm³/mol. The van der Waals surface area contributed by atoms with Crippen molar-refractivity contribution in [3.63, 3.8) is 0 Å². The van der Waals surface area contributed by atoms with Crippen molar-refractivity contribution < 1.29 is 66.4 Å². The minimum atomic E-state index is -0.474. The number of thiol groups is 1. The van der Waals surface area contributed by atoms with Gasteiger partial charge in [-0.1, -0.05) is 0 Å². The van der Waals surface area contributed by atoms with Gasteiger partial charge in [0, 0.05) is 5.75 Å². The molecule has 0 amide bonds. The topological polar surface area (TPSA) is 137 Å². The van der Waals surface area contributed by atoms with Crippen molar-refractivity contribution in [1.29, 1.82) is 0 Å². The first kappa shape index (κ1) is 45.3. The van der Waals surface area contributed by atoms with E-state index in [1.165, 1.54) is 0 Å². The molecule has 14 nitrogen and oxygen atoms in total. The maximum absolute atomic E-state index is 11.6. The molecule has 0 aliphatic carbocycles. The van der Waals surface area contributed by atoms with Crippen LogP contribution in [0.1, 0.15) is 27.2 Å². The summed E-state index contributed by atoms with van der Waals surface area (Å²) in [5.74, 6) is 0.451. The third-order valence-electron chi connectivity index (χ3n) is 5.20. The van der Waals surface area contributed by atoms with E-state index in [1.807, 2.05) is 20.8 Å². The van der Waals surface area contributed by atoms with Crippen LogP contribution in [0.15, 0.2) is 0 Å². The first-order chi connectivity index (χ1) is 22.5. The lowest BCUT2D eigenvalue weighted by molar-refractivity contribution is -0.156. The number of carbonyl (C=O) groups is 1. The van der Waals surface area contributed by atoms with Gasteiger partial charge in [0.1, 0.15) is 5.60 Å². The second kappa shape index (κ2) is 37.2. The minimum absolute atomic E-state index is 0.232. The summed E-state index contributed by atoms with van der Waals surface area (Å²) in [5.41, 5.74) is -0.474. The molecular formula is C31H62O14S. The number of hydrogen-bond acceptors (Lipinski definition) is 15. The standard InChI is InChI=1S/C31H62O14S/c1-31(2,3)45-30(32)4-5-33-6-7-34-8-9-35-10-11-36-12-13-37-14-15-38-16-17-39-18-19-40-20-21-41-22-23-42-24-25-43-26-27-44-28-29-46/h46H,4-29H2,1-3H3. The molecule has 0 aromatic rings. The zero-order valence-electron chi connectivity index (χ0n) is 28.5. The number of rotatable bonds is 38. The van der Waals surface area contributed by atoms with Gasteiger partial charge in [-0.15, -0.1) is 0 Å². The zero-order chi connectivity index (χ0) is 33.7. The molecule has 0 heterocycles. The number of ether oxygens (including phenoxy) is 13. The average molecular weight is 691 g/mol. The Morgan fingerprint density at radius 1 is 0.370 bits per heavy atom. The summed E-state index contributed by atoms with van der Waals surface area (Å²) >= 11 is 4.06. The van der Waals surface area contributed by atoms with Gasteiger partial charge in [0.15, 0.2) is 0 Å². The van der Waals surface area contributed by atoms with Crippen molar-refractivity contribution in [2.75, 3.05) is 164 Å². The van der Waals surface area contributed by atoms with Gasteiger partial charge in [-0.3, -0.25) is 4.79 Å². The molecule has 0 saturated heterocycles. The highest BCUT2D eigenvalue weighted by Gasteiger charge is 2.15. The summed E-state index contributed by atoms with van der Waals surface area (Å²) in [5, 5.41) is 0. The second-order valence-corrected chi connectivity index (χ2v) is 10.9. The van der Waals surface area contributed by atoms with E-state index in [4.69, 9.17) is 61.6 Å². The number of carbonyl (C=O) groups excluding carboxylic acids is 1. The van der Waals surface area contributed by atoms with E-state index in [0.29, 0.717) is 164 Å². The van der Waals surface area contributed by atoms with Crippen LogP contribution in [-0.2, 0) is 66.4 Å². The second-order valence-electron chi connectivity index (χ2n) is 10.4. The molecule has 0 aromatic heterocycles. The predicted octanol–water partition coefficient (Wildman–Crippen LogP) is 1.85. The van der Waals surface area contributed by atoms with E-state index >= 15 is 0 Å². The largest absolute Gasteiger partial charge is 0.460 e. The Kier molecular flexibility index (Phi) is 36.6. The molecule has 0 rings (SSSR count). The van der Waals surface area contributed by atoms with Crippen LogP contribution in [0.5, 0.6) is 0 Å². The molecule has 0 bridgehead atoms. The average Bonchev–Trinajstić information content (AvgIpc) is 3.01. The van der Waals surface area contributed by atoms with Crippen LogP contribution >= 0.6 is 12.6 Å². The van der Waals surface area contributed by atoms with Crippen molar-refractivity contribution in [2.24, 2.45) is 0 Å². The third-order valence-corrected chi connectivity index (χ3v) is 5.38. The summed E-state index contributed by atoms with van der Waals surface area (Å²) in [6.07, 6.45) is 0.232. The van der Waals surface area contributed by atoms with E-state index in [0.717, 1.165) is 0 Å². The van der Waals surface area contributed by atoms with E-state index in [2.05, 4.69) is 12.6 Å². The van der Waals surface area contributed by atoms with Gasteiger partial charge in [-0.25, -0.2) is 0 Å². The quantitative estimate of drug-likeness (QED) is 0.0573. The molecule has 0 spiro atoms. The number of esters is 1. The molecule has 0 unspecified atom stereocenters. The van der Waals surface area contributed by atoms with Crippen LogP contribution in [0.4, 0.5) is 0 Å². The molecule has 276 valence electrons. The van der Waals surface area contributed by atoms with Crippen molar-refractivity contribution in [3.8, 4) is 0 Å². The minimum Gasteiger partial charge on any atom is -0.460 e. The maximum atomic E-state index is 11.6. The van der Waals surface area contributed by atoms with Gasteiger partial charge < -0.3 is 61.6 Å². The zero-order valence-corrected chi connectivity index (χ0v) is 29.4. The van der Waals surface area contributed by atoms with E-state index in [9.17, 15) is 4.79 Å². The van der Waals surface area contributed by atoms with Gasteiger partial charge in [0.2, 0.25) is 0 Å². The van der Waals surface area contributed by atoms with Crippen molar-refractivity contribution >= 4 is 18.6 Å². The molecular weight excluding hydrogens is 628 g/mol. The summed E-state index contributed by atoms with van der Waals surface area (Å²) < 4.78 is 70.3. The highest BCUT2D eigenvalue weighted by atomic mass is 32.1. The Balaban J connectivity index is 3.09. The molecule has 0 fully saturated rings. The first-order valence-corrected chi connectivity index (χ1v) is 16.8. The van der Waals surface area contributed by atoms with Gasteiger partial charge >= 0.3 is 5.97 Å². The lowest BCUT2D eigenvalue weighted by atomic mass is 10.2. The van der Waals surface area contributed by atoms with Gasteiger partial charge in [0.25, 0.3) is 0 Å². The summed E-state index contributed by atoms with van der Waals surface area (Å²) in [7, 11) is 0. The smallest absolute Gasteiger partial charge is 0.308 e. The molecule has 46 heavy (non-hydrogen) atoms. The van der Waals surface area contributed by atoms with Crippen molar-refractivity contribution in [3.05, 3.63) is 0 Å². The Bertz CT molecular complexity index is 612. The van der Waals surface area contributed by atoms with E-state index in [1.54, 1.807) is 0 Å². The first-order valence-electron chi connectivity index (χ1n) is 16.2. The Labute approximate surface area is 281 Å². The number of hydrogen-bond donors (Lipinski definition) is 1. The molecule has 15 heteroatoms. The lowest BCUT2D eigenvalue weighted by Gasteiger charge is -2.19. The lowest BCUT2D eigenvalue weighted by Crippen LogP contribution is -2.24. The highest BCUT2D eigenvalue weighted by molar-refractivity contribution is 7.80. The van der Waals surface area contributed by atoms with Gasteiger partial charge in [0.05, 0.1) is 165 Å². The van der Waals surface area contributed by atoms with Crippen LogP contribution in [-0.4, -0.2) is 176 Å². The van der Waals surface area contributed by atoms with E-state index < -0.39 is 5.60 Å². The molecule has 0 aromatic carbocycles. The summed E-state index contributed by atoms with van der Waals surface area (Å²) in [6.45, 7) is 17.5. The fourth-order valence-electron chi connectivity index (χ4n) is 3.13. The third kappa shape index (κ3) is 41.4. The molecule has 0 aliphatic rings. The Hall–Kier alpha value is -0.660. The summed E-state index contributed by atoms with van der Waals surface area (Å²) in [4.78, 5) is 11.6. The Morgan fingerprint density at radius 2 is 0.565 bits per heavy atom. The van der Waals surface area contributed by atoms with Crippen LogP contribution < -0.4 is 0 Å². The fourth-order valence-corrected chi connectivity index (χ4v) is 3.26. The maximum Gasteiger partial charge on any atom is 0.308 e. The van der Waals surface area contributed by atoms with Crippen LogP contribution in [0.2, 0.25) is 0 Å². The normalized spacial score (nSPS) is 11.8. The molecule has 0 saturated carbocycles. The van der Waals surface area contributed by atoms with Crippen LogP contribution in [0.3, 0.4) is 0 Å². The van der Waals surface area contributed by atoms with Crippen LogP contribution in [0, 0.1) is 0 Å². The fraction of sp³-hybridized carbons (Fsp3) is 0.968. The van der Waals surface area contributed by atoms with Gasteiger partial charge in [-0.2, -0.15) is 12.6 Å². The van der Waals surface area contributed by atoms with E-state index in [-0.39, 0.29) is 12.4 Å². The molecule has 0 radical (unpaired) electrons. The SMILES string of the molecule is CC(C)(C)OC(=O)CCOCCOCCOCCOCCOCCOCCOCCOCCOCCOCCOCCOCCS. The van der Waals surface area contributed by atoms with Crippen molar-refractivity contribution in [1.82, 2.24) is 0 Å². The molecule has 0 N–H and O–H groups in total. The Morgan fingerprint density at radius 3 is 0.761 bits per heavy atom. The molecule has 0 atom stereocenters. The highest BCUT2D eigenvalue weighted by Crippen LogP contribution is 2.08. The monoisotopic (exact) mass is 690 g/mol. The molecule has 0 aliphatic heterocycles.